The zero-order valence-electron chi connectivity index (χ0n) is 10.7. The van der Waals surface area contributed by atoms with Crippen molar-refractivity contribution >= 4 is 23.4 Å². The Balaban J connectivity index is 1.85. The fourth-order valence-electron chi connectivity index (χ4n) is 2.32. The van der Waals surface area contributed by atoms with Crippen LogP contribution in [-0.2, 0) is 15.3 Å². The standard InChI is InChI=1S/C16H15NOS/c1-16(19-11-12-7-3-2-4-8-12)13-9-5-6-10-14(13)17-15(16)18/h2-10H,11H2,1H3,(H,17,18). The summed E-state index contributed by atoms with van der Waals surface area (Å²) in [5.41, 5.74) is 3.27. The highest BCUT2D eigenvalue weighted by molar-refractivity contribution is 8.00. The Morgan fingerprint density at radius 1 is 1.05 bits per heavy atom. The van der Waals surface area contributed by atoms with Crippen LogP contribution in [0, 0.1) is 0 Å². The fourth-order valence-corrected chi connectivity index (χ4v) is 3.48. The molecule has 3 rings (SSSR count). The molecule has 1 unspecified atom stereocenters. The molecule has 1 amide bonds. The van der Waals surface area contributed by atoms with Gasteiger partial charge < -0.3 is 5.32 Å². The average molecular weight is 269 g/mol. The Morgan fingerprint density at radius 2 is 1.74 bits per heavy atom. The van der Waals surface area contributed by atoms with E-state index < -0.39 is 4.75 Å². The van der Waals surface area contributed by atoms with Crippen molar-refractivity contribution in [2.75, 3.05) is 5.32 Å². The Kier molecular flexibility index (Phi) is 3.07. The molecule has 2 aromatic rings. The van der Waals surface area contributed by atoms with Crippen LogP contribution in [0.15, 0.2) is 54.6 Å². The molecule has 0 aliphatic carbocycles. The fraction of sp³-hybridized carbons (Fsp3) is 0.188. The number of rotatable bonds is 3. The van der Waals surface area contributed by atoms with Crippen molar-refractivity contribution in [3.8, 4) is 0 Å². The molecule has 0 saturated carbocycles. The second-order valence-electron chi connectivity index (χ2n) is 4.81. The average Bonchev–Trinajstić information content (AvgIpc) is 2.71. The van der Waals surface area contributed by atoms with Gasteiger partial charge >= 0.3 is 0 Å². The molecular weight excluding hydrogens is 254 g/mol. The third kappa shape index (κ3) is 2.15. The van der Waals surface area contributed by atoms with Crippen LogP contribution in [0.3, 0.4) is 0 Å². The Hall–Kier alpha value is -1.74. The molecule has 96 valence electrons. The van der Waals surface area contributed by atoms with Crippen molar-refractivity contribution in [1.82, 2.24) is 0 Å². The quantitative estimate of drug-likeness (QED) is 0.918. The maximum absolute atomic E-state index is 12.2. The van der Waals surface area contributed by atoms with E-state index in [-0.39, 0.29) is 5.91 Å². The van der Waals surface area contributed by atoms with Gasteiger partial charge in [0.05, 0.1) is 0 Å². The van der Waals surface area contributed by atoms with Gasteiger partial charge in [-0.25, -0.2) is 0 Å². The lowest BCUT2D eigenvalue weighted by molar-refractivity contribution is -0.117. The topological polar surface area (TPSA) is 29.1 Å². The zero-order valence-corrected chi connectivity index (χ0v) is 11.5. The summed E-state index contributed by atoms with van der Waals surface area (Å²) in [6, 6.07) is 18.2. The summed E-state index contributed by atoms with van der Waals surface area (Å²) >= 11 is 1.68. The van der Waals surface area contributed by atoms with Gasteiger partial charge in [0.15, 0.2) is 0 Å². The Labute approximate surface area is 117 Å². The molecule has 19 heavy (non-hydrogen) atoms. The van der Waals surface area contributed by atoms with E-state index in [2.05, 4.69) is 17.4 Å². The largest absolute Gasteiger partial charge is 0.324 e. The number of para-hydroxylation sites is 1. The summed E-state index contributed by atoms with van der Waals surface area (Å²) < 4.78 is -0.494. The van der Waals surface area contributed by atoms with Crippen LogP contribution in [0.2, 0.25) is 0 Å². The first-order valence-electron chi connectivity index (χ1n) is 6.29. The normalized spacial score (nSPS) is 21.0. The molecule has 0 aromatic heterocycles. The lowest BCUT2D eigenvalue weighted by Crippen LogP contribution is -2.27. The smallest absolute Gasteiger partial charge is 0.244 e. The monoisotopic (exact) mass is 269 g/mol. The summed E-state index contributed by atoms with van der Waals surface area (Å²) in [5.74, 6) is 0.911. The molecule has 1 N–H and O–H groups in total. The number of carbonyl (C=O) groups is 1. The van der Waals surface area contributed by atoms with Gasteiger partial charge in [0, 0.05) is 17.0 Å². The van der Waals surface area contributed by atoms with Gasteiger partial charge in [0.1, 0.15) is 4.75 Å². The van der Waals surface area contributed by atoms with Gasteiger partial charge in [-0.05, 0) is 18.6 Å². The first-order valence-corrected chi connectivity index (χ1v) is 7.27. The van der Waals surface area contributed by atoms with Crippen molar-refractivity contribution < 1.29 is 4.79 Å². The molecule has 2 nitrogen and oxygen atoms in total. The molecule has 0 saturated heterocycles. The van der Waals surface area contributed by atoms with Crippen molar-refractivity contribution in [2.45, 2.75) is 17.4 Å². The number of amides is 1. The minimum Gasteiger partial charge on any atom is -0.324 e. The van der Waals surface area contributed by atoms with Crippen molar-refractivity contribution in [1.29, 1.82) is 0 Å². The second kappa shape index (κ2) is 4.74. The molecule has 0 fully saturated rings. The third-order valence-electron chi connectivity index (χ3n) is 3.49. The van der Waals surface area contributed by atoms with Crippen LogP contribution in [0.5, 0.6) is 0 Å². The molecule has 2 aromatic carbocycles. The summed E-state index contributed by atoms with van der Waals surface area (Å²) in [6.45, 7) is 2.00. The number of nitrogens with one attached hydrogen (secondary N) is 1. The number of thioether (sulfide) groups is 1. The van der Waals surface area contributed by atoms with Crippen molar-refractivity contribution in [3.05, 3.63) is 65.7 Å². The lowest BCUT2D eigenvalue weighted by atomic mass is 10.0. The molecule has 1 aliphatic heterocycles. The van der Waals surface area contributed by atoms with Crippen LogP contribution in [0.25, 0.3) is 0 Å². The van der Waals surface area contributed by atoms with Crippen LogP contribution in [-0.4, -0.2) is 5.91 Å². The van der Waals surface area contributed by atoms with Crippen LogP contribution >= 0.6 is 11.8 Å². The van der Waals surface area contributed by atoms with Gasteiger partial charge in [0.25, 0.3) is 0 Å². The molecule has 0 spiro atoms. The van der Waals surface area contributed by atoms with Crippen LogP contribution < -0.4 is 5.32 Å². The van der Waals surface area contributed by atoms with E-state index in [4.69, 9.17) is 0 Å². The van der Waals surface area contributed by atoms with Crippen LogP contribution in [0.1, 0.15) is 18.1 Å². The first kappa shape index (κ1) is 12.3. The van der Waals surface area contributed by atoms with E-state index in [1.807, 2.05) is 49.4 Å². The van der Waals surface area contributed by atoms with Gasteiger partial charge in [-0.3, -0.25) is 4.79 Å². The second-order valence-corrected chi connectivity index (χ2v) is 6.20. The summed E-state index contributed by atoms with van der Waals surface area (Å²) in [4.78, 5) is 12.2. The minimum absolute atomic E-state index is 0.0784. The molecule has 0 radical (unpaired) electrons. The number of anilines is 1. The summed E-state index contributed by atoms with van der Waals surface area (Å²) in [7, 11) is 0. The molecule has 1 aliphatic rings. The van der Waals surface area contributed by atoms with Gasteiger partial charge in [0.2, 0.25) is 5.91 Å². The molecule has 1 atom stereocenters. The van der Waals surface area contributed by atoms with E-state index in [1.54, 1.807) is 11.8 Å². The number of carbonyl (C=O) groups excluding carboxylic acids is 1. The molecular formula is C16H15NOS. The Morgan fingerprint density at radius 3 is 2.53 bits per heavy atom. The molecule has 1 heterocycles. The number of benzene rings is 2. The number of hydrogen-bond donors (Lipinski definition) is 1. The van der Waals surface area contributed by atoms with E-state index in [0.29, 0.717) is 0 Å². The van der Waals surface area contributed by atoms with E-state index in [0.717, 1.165) is 17.0 Å². The molecule has 0 bridgehead atoms. The van der Waals surface area contributed by atoms with E-state index in [1.165, 1.54) is 5.56 Å². The highest BCUT2D eigenvalue weighted by Gasteiger charge is 2.42. The SMILES string of the molecule is CC1(SCc2ccccc2)C(=O)Nc2ccccc21. The van der Waals surface area contributed by atoms with Gasteiger partial charge in [-0.2, -0.15) is 0 Å². The maximum Gasteiger partial charge on any atom is 0.244 e. The number of hydrogen-bond acceptors (Lipinski definition) is 2. The summed E-state index contributed by atoms with van der Waals surface area (Å²) in [6.07, 6.45) is 0. The molecule has 3 heteroatoms. The first-order chi connectivity index (χ1) is 9.20. The maximum atomic E-state index is 12.2. The van der Waals surface area contributed by atoms with E-state index >= 15 is 0 Å². The predicted octanol–water partition coefficient (Wildman–Crippen LogP) is 3.79. The van der Waals surface area contributed by atoms with Gasteiger partial charge in [-0.15, -0.1) is 11.8 Å². The van der Waals surface area contributed by atoms with Crippen molar-refractivity contribution in [2.24, 2.45) is 0 Å². The Bertz CT molecular complexity index is 611. The summed E-state index contributed by atoms with van der Waals surface area (Å²) in [5, 5.41) is 2.96. The highest BCUT2D eigenvalue weighted by Crippen LogP contribution is 2.46. The lowest BCUT2D eigenvalue weighted by Gasteiger charge is -2.21. The van der Waals surface area contributed by atoms with Crippen LogP contribution in [0.4, 0.5) is 5.69 Å². The highest BCUT2D eigenvalue weighted by atomic mass is 32.2. The zero-order chi connectivity index (χ0) is 13.3. The van der Waals surface area contributed by atoms with Gasteiger partial charge in [-0.1, -0.05) is 48.5 Å². The number of fused-ring (bicyclic) bond motifs is 1. The minimum atomic E-state index is -0.494. The van der Waals surface area contributed by atoms with Crippen molar-refractivity contribution in [3.63, 3.8) is 0 Å². The third-order valence-corrected chi connectivity index (χ3v) is 4.95. The predicted molar refractivity (Wildman–Crippen MR) is 80.2 cm³/mol. The van der Waals surface area contributed by atoms with E-state index in [9.17, 15) is 4.79 Å².